The number of guanidine groups is 2. The van der Waals surface area contributed by atoms with Gasteiger partial charge in [0.25, 0.3) is 5.91 Å². The molecule has 30 heavy (non-hydrogen) atoms. The summed E-state index contributed by atoms with van der Waals surface area (Å²) in [5, 5.41) is 20.0. The standard InChI is InChI=1S/C21H24FN7O/c22-18-11-16(5-6-17(18)14-7-9-29(10-8-14)21(25)26)28-19(30)15-3-1-13(2-4-15)12-27-20(23)24/h1-7,11H,8-10,12H2,(H3,25,26)(H,28,30)(H4,23,24,27). The maximum absolute atomic E-state index is 14.6. The molecular formula is C21H24FN7O. The number of carbonyl (C=O) groups is 1. The summed E-state index contributed by atoms with van der Waals surface area (Å²) < 4.78 is 14.6. The third kappa shape index (κ3) is 5.13. The lowest BCUT2D eigenvalue weighted by Crippen LogP contribution is -2.39. The summed E-state index contributed by atoms with van der Waals surface area (Å²) in [6, 6.07) is 11.4. The number of carbonyl (C=O) groups excluding carboxylic acids is 1. The number of benzene rings is 2. The number of rotatable bonds is 5. The molecule has 0 aliphatic carbocycles. The van der Waals surface area contributed by atoms with Crippen LogP contribution in [0.15, 0.2) is 48.5 Å². The molecule has 0 saturated heterocycles. The largest absolute Gasteiger partial charge is 0.370 e. The Morgan fingerprint density at radius 2 is 1.87 bits per heavy atom. The Bertz CT molecular complexity index is 1000. The number of anilines is 1. The number of nitrogens with one attached hydrogen (secondary N) is 4. The third-order valence-electron chi connectivity index (χ3n) is 4.82. The summed E-state index contributed by atoms with van der Waals surface area (Å²) in [5.74, 6) is -0.877. The first kappa shape index (κ1) is 20.8. The molecule has 156 valence electrons. The van der Waals surface area contributed by atoms with Gasteiger partial charge >= 0.3 is 0 Å². The van der Waals surface area contributed by atoms with E-state index in [0.29, 0.717) is 42.9 Å². The van der Waals surface area contributed by atoms with Crippen LogP contribution in [-0.2, 0) is 6.54 Å². The van der Waals surface area contributed by atoms with E-state index in [4.69, 9.17) is 22.3 Å². The Morgan fingerprint density at radius 1 is 1.13 bits per heavy atom. The zero-order valence-electron chi connectivity index (χ0n) is 16.3. The second-order valence-corrected chi connectivity index (χ2v) is 6.92. The highest BCUT2D eigenvalue weighted by Gasteiger charge is 2.17. The SMILES string of the molecule is N=C(N)NCc1ccc(C(=O)Nc2ccc(C3=CCN(C(=N)N)CC3)c(F)c2)cc1. The van der Waals surface area contributed by atoms with E-state index in [1.807, 2.05) is 6.08 Å². The van der Waals surface area contributed by atoms with Gasteiger partial charge < -0.3 is 27.0 Å². The molecule has 3 rings (SSSR count). The highest BCUT2D eigenvalue weighted by atomic mass is 19.1. The van der Waals surface area contributed by atoms with Crippen molar-refractivity contribution < 1.29 is 9.18 Å². The van der Waals surface area contributed by atoms with Crippen molar-refractivity contribution >= 4 is 29.1 Å². The molecule has 0 spiro atoms. The Hall–Kier alpha value is -3.88. The van der Waals surface area contributed by atoms with Gasteiger partial charge in [0.15, 0.2) is 11.9 Å². The number of halogens is 1. The lowest BCUT2D eigenvalue weighted by molar-refractivity contribution is 0.102. The summed E-state index contributed by atoms with van der Waals surface area (Å²) in [6.45, 7) is 1.43. The molecular weight excluding hydrogens is 385 g/mol. The van der Waals surface area contributed by atoms with Gasteiger partial charge in [-0.15, -0.1) is 0 Å². The minimum Gasteiger partial charge on any atom is -0.370 e. The molecule has 8 N–H and O–H groups in total. The Labute approximate surface area is 173 Å². The summed E-state index contributed by atoms with van der Waals surface area (Å²) in [4.78, 5) is 14.1. The fourth-order valence-electron chi connectivity index (χ4n) is 3.16. The van der Waals surface area contributed by atoms with Gasteiger partial charge in [-0.3, -0.25) is 15.6 Å². The van der Waals surface area contributed by atoms with Crippen molar-refractivity contribution in [1.29, 1.82) is 10.8 Å². The highest BCUT2D eigenvalue weighted by Crippen LogP contribution is 2.26. The van der Waals surface area contributed by atoms with Crippen molar-refractivity contribution in [2.45, 2.75) is 13.0 Å². The first-order chi connectivity index (χ1) is 14.3. The van der Waals surface area contributed by atoms with Gasteiger partial charge in [-0.05, 0) is 47.9 Å². The van der Waals surface area contributed by atoms with Crippen LogP contribution in [0.3, 0.4) is 0 Å². The minimum absolute atomic E-state index is 0.00646. The fourth-order valence-corrected chi connectivity index (χ4v) is 3.16. The molecule has 0 fully saturated rings. The molecule has 0 saturated carbocycles. The zero-order valence-corrected chi connectivity index (χ0v) is 16.3. The lowest BCUT2D eigenvalue weighted by Gasteiger charge is -2.26. The van der Waals surface area contributed by atoms with E-state index in [9.17, 15) is 9.18 Å². The van der Waals surface area contributed by atoms with Gasteiger partial charge in [-0.2, -0.15) is 0 Å². The Kier molecular flexibility index (Phi) is 6.31. The van der Waals surface area contributed by atoms with Gasteiger partial charge in [0.05, 0.1) is 0 Å². The molecule has 2 aromatic rings. The van der Waals surface area contributed by atoms with Gasteiger partial charge in [-0.1, -0.05) is 18.2 Å². The molecule has 0 unspecified atom stereocenters. The zero-order chi connectivity index (χ0) is 21.7. The predicted octanol–water partition coefficient (Wildman–Crippen LogP) is 2.04. The normalized spacial score (nSPS) is 13.4. The molecule has 9 heteroatoms. The van der Waals surface area contributed by atoms with Crippen molar-refractivity contribution in [3.63, 3.8) is 0 Å². The molecule has 0 bridgehead atoms. The van der Waals surface area contributed by atoms with E-state index >= 15 is 0 Å². The first-order valence-corrected chi connectivity index (χ1v) is 9.39. The van der Waals surface area contributed by atoms with Crippen LogP contribution in [0, 0.1) is 16.6 Å². The smallest absolute Gasteiger partial charge is 0.255 e. The van der Waals surface area contributed by atoms with Crippen molar-refractivity contribution in [3.8, 4) is 0 Å². The molecule has 1 heterocycles. The van der Waals surface area contributed by atoms with Gasteiger partial charge in [-0.25, -0.2) is 4.39 Å². The van der Waals surface area contributed by atoms with Crippen LogP contribution >= 0.6 is 0 Å². The molecule has 0 aromatic heterocycles. The lowest BCUT2D eigenvalue weighted by atomic mass is 9.98. The number of nitrogens with two attached hydrogens (primary N) is 2. The van der Waals surface area contributed by atoms with E-state index in [0.717, 1.165) is 11.1 Å². The Morgan fingerprint density at radius 3 is 2.43 bits per heavy atom. The quantitative estimate of drug-likeness (QED) is 0.331. The maximum Gasteiger partial charge on any atom is 0.255 e. The van der Waals surface area contributed by atoms with Crippen LogP contribution in [0.4, 0.5) is 10.1 Å². The summed E-state index contributed by atoms with van der Waals surface area (Å²) in [5.41, 5.74) is 13.8. The second kappa shape index (κ2) is 9.08. The number of nitrogens with zero attached hydrogens (tertiary/aromatic N) is 1. The van der Waals surface area contributed by atoms with E-state index in [1.165, 1.54) is 6.07 Å². The van der Waals surface area contributed by atoms with Gasteiger partial charge in [0, 0.05) is 36.4 Å². The summed E-state index contributed by atoms with van der Waals surface area (Å²) in [7, 11) is 0. The van der Waals surface area contributed by atoms with Crippen molar-refractivity contribution in [2.75, 3.05) is 18.4 Å². The number of hydrogen-bond acceptors (Lipinski definition) is 3. The van der Waals surface area contributed by atoms with Crippen molar-refractivity contribution in [2.24, 2.45) is 11.5 Å². The average molecular weight is 409 g/mol. The topological polar surface area (TPSA) is 144 Å². The molecule has 1 aliphatic rings. The van der Waals surface area contributed by atoms with E-state index in [2.05, 4.69) is 10.6 Å². The van der Waals surface area contributed by atoms with E-state index < -0.39 is 5.82 Å². The number of hydrogen-bond donors (Lipinski definition) is 6. The highest BCUT2D eigenvalue weighted by molar-refractivity contribution is 6.04. The van der Waals surface area contributed by atoms with Gasteiger partial charge in [0.2, 0.25) is 0 Å². The monoisotopic (exact) mass is 409 g/mol. The minimum atomic E-state index is -0.416. The fraction of sp³-hybridized carbons (Fsp3) is 0.190. The molecule has 8 nitrogen and oxygen atoms in total. The van der Waals surface area contributed by atoms with E-state index in [-0.39, 0.29) is 17.8 Å². The molecule has 0 atom stereocenters. The van der Waals surface area contributed by atoms with Crippen LogP contribution in [0.1, 0.15) is 27.9 Å². The number of amides is 1. The molecule has 0 radical (unpaired) electrons. The van der Waals surface area contributed by atoms with Crippen LogP contribution in [0.5, 0.6) is 0 Å². The van der Waals surface area contributed by atoms with Crippen molar-refractivity contribution in [1.82, 2.24) is 10.2 Å². The van der Waals surface area contributed by atoms with Crippen LogP contribution in [0.25, 0.3) is 5.57 Å². The van der Waals surface area contributed by atoms with Crippen LogP contribution in [-0.4, -0.2) is 35.8 Å². The maximum atomic E-state index is 14.6. The molecule has 1 amide bonds. The van der Waals surface area contributed by atoms with Crippen molar-refractivity contribution in [3.05, 3.63) is 71.0 Å². The Balaban J connectivity index is 1.65. The first-order valence-electron chi connectivity index (χ1n) is 9.39. The average Bonchev–Trinajstić information content (AvgIpc) is 2.73. The van der Waals surface area contributed by atoms with Gasteiger partial charge in [0.1, 0.15) is 5.82 Å². The molecule has 2 aromatic carbocycles. The predicted molar refractivity (Wildman–Crippen MR) is 116 cm³/mol. The van der Waals surface area contributed by atoms with Crippen LogP contribution in [0.2, 0.25) is 0 Å². The second-order valence-electron chi connectivity index (χ2n) is 6.92. The third-order valence-corrected chi connectivity index (χ3v) is 4.82. The summed E-state index contributed by atoms with van der Waals surface area (Å²) in [6.07, 6.45) is 2.46. The molecule has 1 aliphatic heterocycles. The summed E-state index contributed by atoms with van der Waals surface area (Å²) >= 11 is 0. The van der Waals surface area contributed by atoms with Crippen LogP contribution < -0.4 is 22.1 Å². The van der Waals surface area contributed by atoms with E-state index in [1.54, 1.807) is 41.3 Å².